The number of carbonyl (C=O) groups is 2. The normalized spacial score (nSPS) is 14.2. The smallest absolute Gasteiger partial charge is 0.319 e. The number of hydrogen-bond donors (Lipinski definition) is 2. The number of ether oxygens (including phenoxy) is 1. The summed E-state index contributed by atoms with van der Waals surface area (Å²) in [7, 11) is 0. The van der Waals surface area contributed by atoms with Crippen molar-refractivity contribution in [1.82, 2.24) is 20.0 Å². The molecule has 1 aliphatic heterocycles. The Balaban J connectivity index is 1.27. The number of carbonyl (C=O) groups excluding carboxylic acids is 2. The van der Waals surface area contributed by atoms with Crippen molar-refractivity contribution in [1.29, 1.82) is 0 Å². The molecule has 9 nitrogen and oxygen atoms in total. The van der Waals surface area contributed by atoms with E-state index in [1.807, 2.05) is 24.3 Å². The van der Waals surface area contributed by atoms with Crippen molar-refractivity contribution in [2.75, 3.05) is 31.6 Å². The highest BCUT2D eigenvalue weighted by Crippen LogP contribution is 2.16. The van der Waals surface area contributed by atoms with E-state index in [1.54, 1.807) is 17.4 Å². The fourth-order valence-corrected chi connectivity index (χ4v) is 3.05. The number of morpholine rings is 1. The zero-order valence-corrected chi connectivity index (χ0v) is 15.3. The Morgan fingerprint density at radius 3 is 2.89 bits per heavy atom. The quantitative estimate of drug-likeness (QED) is 0.700. The first-order valence-electron chi connectivity index (χ1n) is 9.06. The molecule has 0 atom stereocenters. The number of furan rings is 1. The van der Waals surface area contributed by atoms with E-state index in [4.69, 9.17) is 9.15 Å². The van der Waals surface area contributed by atoms with E-state index < -0.39 is 0 Å². The lowest BCUT2D eigenvalue weighted by atomic mass is 10.1. The molecule has 0 bridgehead atoms. The van der Waals surface area contributed by atoms with Gasteiger partial charge in [0.2, 0.25) is 5.91 Å². The minimum absolute atomic E-state index is 0.0166. The van der Waals surface area contributed by atoms with Gasteiger partial charge < -0.3 is 24.7 Å². The van der Waals surface area contributed by atoms with Crippen LogP contribution < -0.4 is 10.6 Å². The molecule has 0 unspecified atom stereocenters. The fraction of sp³-hybridized carbons (Fsp3) is 0.316. The van der Waals surface area contributed by atoms with Crippen molar-refractivity contribution >= 4 is 28.6 Å². The third kappa shape index (κ3) is 4.32. The lowest BCUT2D eigenvalue weighted by Gasteiger charge is -2.26. The van der Waals surface area contributed by atoms with E-state index in [0.717, 1.165) is 16.5 Å². The second kappa shape index (κ2) is 8.13. The molecule has 0 aliphatic carbocycles. The average Bonchev–Trinajstić information content (AvgIpc) is 3.36. The minimum Gasteiger partial charge on any atom is -0.464 e. The van der Waals surface area contributed by atoms with Crippen LogP contribution in [-0.4, -0.2) is 52.9 Å². The molecule has 4 rings (SSSR count). The lowest BCUT2D eigenvalue weighted by molar-refractivity contribution is -0.136. The van der Waals surface area contributed by atoms with Crippen LogP contribution in [0.1, 0.15) is 5.56 Å². The number of amides is 3. The molecule has 9 heteroatoms. The van der Waals surface area contributed by atoms with Crippen LogP contribution in [0.2, 0.25) is 0 Å². The summed E-state index contributed by atoms with van der Waals surface area (Å²) in [5.74, 6) is -0.0166. The van der Waals surface area contributed by atoms with Crippen LogP contribution >= 0.6 is 0 Å². The molecule has 146 valence electrons. The molecule has 1 saturated heterocycles. The predicted molar refractivity (Wildman–Crippen MR) is 102 cm³/mol. The predicted octanol–water partition coefficient (Wildman–Crippen LogP) is 1.81. The van der Waals surface area contributed by atoms with E-state index in [-0.39, 0.29) is 18.5 Å². The number of rotatable bonds is 5. The number of hydrogen-bond acceptors (Lipinski definition) is 5. The van der Waals surface area contributed by atoms with Crippen LogP contribution in [0.3, 0.4) is 0 Å². The Labute approximate surface area is 161 Å². The summed E-state index contributed by atoms with van der Waals surface area (Å²) in [4.78, 5) is 26.1. The van der Waals surface area contributed by atoms with Gasteiger partial charge in [-0.25, -0.2) is 4.79 Å². The average molecular weight is 383 g/mol. The highest BCUT2D eigenvalue weighted by molar-refractivity contribution is 5.89. The number of nitrogens with one attached hydrogen (secondary N) is 2. The molecular formula is C19H21N5O4. The Bertz CT molecular complexity index is 974. The van der Waals surface area contributed by atoms with Gasteiger partial charge >= 0.3 is 6.03 Å². The van der Waals surface area contributed by atoms with Crippen LogP contribution in [0.15, 0.2) is 47.3 Å². The summed E-state index contributed by atoms with van der Waals surface area (Å²) in [5.41, 5.74) is 2.31. The van der Waals surface area contributed by atoms with E-state index in [1.165, 1.54) is 10.9 Å². The third-order valence-corrected chi connectivity index (χ3v) is 4.52. The lowest BCUT2D eigenvalue weighted by Crippen LogP contribution is -2.42. The number of urea groups is 1. The summed E-state index contributed by atoms with van der Waals surface area (Å²) in [6, 6.07) is 7.28. The Hall–Kier alpha value is -3.33. The maximum Gasteiger partial charge on any atom is 0.319 e. The van der Waals surface area contributed by atoms with E-state index in [0.29, 0.717) is 38.5 Å². The van der Waals surface area contributed by atoms with Crippen LogP contribution in [-0.2, 0) is 22.6 Å². The van der Waals surface area contributed by atoms with Crippen molar-refractivity contribution < 1.29 is 18.7 Å². The highest BCUT2D eigenvalue weighted by Gasteiger charge is 2.17. The number of fused-ring (bicyclic) bond motifs is 1. The molecule has 0 saturated carbocycles. The molecule has 1 aromatic carbocycles. The van der Waals surface area contributed by atoms with Crippen molar-refractivity contribution in [2.24, 2.45) is 0 Å². The number of aromatic nitrogens is 2. The Morgan fingerprint density at radius 2 is 2.04 bits per heavy atom. The Kier molecular flexibility index (Phi) is 5.24. The van der Waals surface area contributed by atoms with Crippen LogP contribution in [0.25, 0.3) is 11.0 Å². The van der Waals surface area contributed by atoms with Crippen molar-refractivity contribution in [3.8, 4) is 0 Å². The first-order valence-corrected chi connectivity index (χ1v) is 9.06. The van der Waals surface area contributed by atoms with Crippen LogP contribution in [0.5, 0.6) is 0 Å². The third-order valence-electron chi connectivity index (χ3n) is 4.52. The SMILES string of the molecule is O=C(NCc1ccc2occc2c1)Nc1cnn(CC(=O)N2CCOCC2)c1. The summed E-state index contributed by atoms with van der Waals surface area (Å²) in [6.07, 6.45) is 4.79. The number of benzene rings is 1. The van der Waals surface area contributed by atoms with Gasteiger partial charge in [0.25, 0.3) is 0 Å². The zero-order valence-electron chi connectivity index (χ0n) is 15.3. The summed E-state index contributed by atoms with van der Waals surface area (Å²) in [5, 5.41) is 10.6. The topological polar surface area (TPSA) is 102 Å². The Morgan fingerprint density at radius 1 is 1.18 bits per heavy atom. The molecule has 0 radical (unpaired) electrons. The minimum atomic E-state index is -0.341. The maximum atomic E-state index is 12.2. The van der Waals surface area contributed by atoms with Crippen molar-refractivity contribution in [2.45, 2.75) is 13.1 Å². The number of nitrogens with zero attached hydrogens (tertiary/aromatic N) is 3. The molecule has 2 N–H and O–H groups in total. The summed E-state index contributed by atoms with van der Waals surface area (Å²) in [6.45, 7) is 2.83. The van der Waals surface area contributed by atoms with Gasteiger partial charge in [0.1, 0.15) is 12.1 Å². The molecule has 3 amide bonds. The van der Waals surface area contributed by atoms with Crippen molar-refractivity contribution in [3.05, 3.63) is 48.5 Å². The molecule has 28 heavy (non-hydrogen) atoms. The molecule has 3 aromatic rings. The van der Waals surface area contributed by atoms with Gasteiger partial charge in [-0.2, -0.15) is 5.10 Å². The second-order valence-electron chi connectivity index (χ2n) is 6.52. The largest absolute Gasteiger partial charge is 0.464 e. The van der Waals surface area contributed by atoms with Gasteiger partial charge in [-0.1, -0.05) is 6.07 Å². The maximum absolute atomic E-state index is 12.2. The second-order valence-corrected chi connectivity index (χ2v) is 6.52. The van der Waals surface area contributed by atoms with Crippen molar-refractivity contribution in [3.63, 3.8) is 0 Å². The van der Waals surface area contributed by atoms with Gasteiger partial charge in [0.05, 0.1) is 31.4 Å². The zero-order chi connectivity index (χ0) is 19.3. The molecule has 1 fully saturated rings. The molecular weight excluding hydrogens is 362 g/mol. The highest BCUT2D eigenvalue weighted by atomic mass is 16.5. The van der Waals surface area contributed by atoms with Gasteiger partial charge in [-0.05, 0) is 23.8 Å². The first-order chi connectivity index (χ1) is 13.7. The molecule has 1 aliphatic rings. The summed E-state index contributed by atoms with van der Waals surface area (Å²) < 4.78 is 12.1. The van der Waals surface area contributed by atoms with Gasteiger partial charge in [0.15, 0.2) is 0 Å². The fourth-order valence-electron chi connectivity index (χ4n) is 3.05. The van der Waals surface area contributed by atoms with Gasteiger partial charge in [0, 0.05) is 31.2 Å². The van der Waals surface area contributed by atoms with Crippen LogP contribution in [0, 0.1) is 0 Å². The monoisotopic (exact) mass is 383 g/mol. The first kappa shape index (κ1) is 18.1. The van der Waals surface area contributed by atoms with Gasteiger partial charge in [-0.15, -0.1) is 0 Å². The van der Waals surface area contributed by atoms with Gasteiger partial charge in [-0.3, -0.25) is 9.48 Å². The summed E-state index contributed by atoms with van der Waals surface area (Å²) >= 11 is 0. The molecule has 0 spiro atoms. The molecule has 2 aromatic heterocycles. The molecule has 3 heterocycles. The van der Waals surface area contributed by atoms with E-state index in [2.05, 4.69) is 15.7 Å². The standard InChI is InChI=1S/C19H21N5O4/c25-18(23-4-7-27-8-5-23)13-24-12-16(11-21-24)22-19(26)20-10-14-1-2-17-15(9-14)3-6-28-17/h1-3,6,9,11-12H,4-5,7-8,10,13H2,(H2,20,22,26). The number of anilines is 1. The van der Waals surface area contributed by atoms with Crippen LogP contribution in [0.4, 0.5) is 10.5 Å². The van der Waals surface area contributed by atoms with E-state index in [9.17, 15) is 9.59 Å². The van der Waals surface area contributed by atoms with E-state index >= 15 is 0 Å².